The van der Waals surface area contributed by atoms with Gasteiger partial charge >= 0.3 is 11.7 Å². The van der Waals surface area contributed by atoms with Crippen LogP contribution in [0.3, 0.4) is 0 Å². The lowest BCUT2D eigenvalue weighted by Crippen LogP contribution is -2.17. The Morgan fingerprint density at radius 3 is 2.38 bits per heavy atom. The number of nitro groups is 1. The monoisotopic (exact) mass is 295 g/mol. The van der Waals surface area contributed by atoms with E-state index in [-0.39, 0.29) is 29.0 Å². The zero-order valence-corrected chi connectivity index (χ0v) is 12.7. The van der Waals surface area contributed by atoms with Crippen LogP contribution in [0, 0.1) is 16.0 Å². The molecule has 21 heavy (non-hydrogen) atoms. The number of nitro benzene ring substituents is 1. The van der Waals surface area contributed by atoms with Gasteiger partial charge in [-0.05, 0) is 32.3 Å². The molecule has 6 heteroatoms. The van der Waals surface area contributed by atoms with E-state index in [9.17, 15) is 20.0 Å². The summed E-state index contributed by atoms with van der Waals surface area (Å²) in [6, 6.07) is 4.58. The van der Waals surface area contributed by atoms with Gasteiger partial charge in [-0.3, -0.25) is 14.9 Å². The number of benzene rings is 1. The van der Waals surface area contributed by atoms with Crippen molar-refractivity contribution in [2.45, 2.75) is 46.1 Å². The van der Waals surface area contributed by atoms with Gasteiger partial charge in [-0.2, -0.15) is 0 Å². The first-order valence-corrected chi connectivity index (χ1v) is 6.90. The number of aliphatic carboxylic acids is 1. The maximum absolute atomic E-state index is 11.5. The second-order valence-corrected chi connectivity index (χ2v) is 5.64. The standard InChI is InChI=1S/C15H21NO5/c1-9(2)8-12(15(17)18)11-6-5-7-13(21-10(3)4)14(11)16(19)20/h5-7,9-10,12H,8H2,1-4H3,(H,17,18). The van der Waals surface area contributed by atoms with Gasteiger partial charge < -0.3 is 9.84 Å². The average Bonchev–Trinajstić information content (AvgIpc) is 2.34. The second-order valence-electron chi connectivity index (χ2n) is 5.64. The van der Waals surface area contributed by atoms with Crippen molar-refractivity contribution in [3.8, 4) is 5.75 Å². The van der Waals surface area contributed by atoms with Crippen LogP contribution >= 0.6 is 0 Å². The summed E-state index contributed by atoms with van der Waals surface area (Å²) in [6.07, 6.45) is 0.105. The molecule has 0 aromatic heterocycles. The summed E-state index contributed by atoms with van der Waals surface area (Å²) < 4.78 is 5.45. The predicted molar refractivity (Wildman–Crippen MR) is 78.7 cm³/mol. The number of ether oxygens (including phenoxy) is 1. The molecule has 0 amide bonds. The lowest BCUT2D eigenvalue weighted by atomic mass is 9.89. The van der Waals surface area contributed by atoms with Gasteiger partial charge in [0.05, 0.1) is 16.9 Å². The molecule has 1 unspecified atom stereocenters. The molecular weight excluding hydrogens is 274 g/mol. The summed E-state index contributed by atoms with van der Waals surface area (Å²) in [7, 11) is 0. The van der Waals surface area contributed by atoms with Gasteiger partial charge in [-0.1, -0.05) is 26.0 Å². The van der Waals surface area contributed by atoms with Gasteiger partial charge in [-0.15, -0.1) is 0 Å². The van der Waals surface area contributed by atoms with Crippen LogP contribution < -0.4 is 4.74 Å². The molecule has 0 saturated heterocycles. The quantitative estimate of drug-likeness (QED) is 0.613. The highest BCUT2D eigenvalue weighted by Crippen LogP contribution is 2.38. The Morgan fingerprint density at radius 1 is 1.33 bits per heavy atom. The van der Waals surface area contributed by atoms with Gasteiger partial charge in [0.15, 0.2) is 5.75 Å². The number of nitrogens with zero attached hydrogens (tertiary/aromatic N) is 1. The van der Waals surface area contributed by atoms with Crippen LogP contribution in [0.5, 0.6) is 5.75 Å². The van der Waals surface area contributed by atoms with Crippen molar-refractivity contribution < 1.29 is 19.6 Å². The van der Waals surface area contributed by atoms with E-state index in [0.29, 0.717) is 6.42 Å². The fraction of sp³-hybridized carbons (Fsp3) is 0.533. The van der Waals surface area contributed by atoms with Crippen molar-refractivity contribution in [2.75, 3.05) is 0 Å². The molecule has 6 nitrogen and oxygen atoms in total. The highest BCUT2D eigenvalue weighted by atomic mass is 16.6. The molecule has 0 bridgehead atoms. The van der Waals surface area contributed by atoms with E-state index in [1.807, 2.05) is 13.8 Å². The van der Waals surface area contributed by atoms with Crippen LogP contribution in [-0.4, -0.2) is 22.1 Å². The first-order valence-electron chi connectivity index (χ1n) is 6.90. The Kier molecular flexibility index (Phi) is 5.69. The molecule has 1 rings (SSSR count). The highest BCUT2D eigenvalue weighted by Gasteiger charge is 2.31. The van der Waals surface area contributed by atoms with Crippen LogP contribution in [0.1, 0.15) is 45.6 Å². The topological polar surface area (TPSA) is 89.7 Å². The molecule has 0 fully saturated rings. The molecule has 0 radical (unpaired) electrons. The van der Waals surface area contributed by atoms with Crippen molar-refractivity contribution in [2.24, 2.45) is 5.92 Å². The second kappa shape index (κ2) is 7.06. The largest absolute Gasteiger partial charge is 0.484 e. The Labute approximate surface area is 123 Å². The summed E-state index contributed by atoms with van der Waals surface area (Å²) in [6.45, 7) is 7.30. The van der Waals surface area contributed by atoms with E-state index < -0.39 is 16.8 Å². The van der Waals surface area contributed by atoms with Crippen LogP contribution in [-0.2, 0) is 4.79 Å². The first kappa shape index (κ1) is 16.9. The van der Waals surface area contributed by atoms with E-state index in [1.165, 1.54) is 12.1 Å². The molecule has 0 saturated carbocycles. The molecule has 0 aliphatic carbocycles. The molecule has 1 aromatic rings. The Morgan fingerprint density at radius 2 is 1.95 bits per heavy atom. The van der Waals surface area contributed by atoms with Crippen molar-refractivity contribution in [1.29, 1.82) is 0 Å². The number of carboxylic acid groups (broad SMARTS) is 1. The first-order chi connectivity index (χ1) is 9.73. The number of para-hydroxylation sites is 1. The number of carbonyl (C=O) groups is 1. The lowest BCUT2D eigenvalue weighted by Gasteiger charge is -2.17. The fourth-order valence-corrected chi connectivity index (χ4v) is 2.20. The maximum Gasteiger partial charge on any atom is 0.314 e. The minimum atomic E-state index is -1.06. The van der Waals surface area contributed by atoms with Gasteiger partial charge in [0, 0.05) is 5.56 Å². The third-order valence-electron chi connectivity index (χ3n) is 2.96. The van der Waals surface area contributed by atoms with Crippen molar-refractivity contribution in [1.82, 2.24) is 0 Å². The molecule has 0 aliphatic heterocycles. The molecule has 1 N–H and O–H groups in total. The summed E-state index contributed by atoms with van der Waals surface area (Å²) in [5, 5.41) is 20.8. The molecule has 0 aliphatic rings. The molecule has 1 atom stereocenters. The third kappa shape index (κ3) is 4.44. The number of hydrogen-bond donors (Lipinski definition) is 1. The molecule has 116 valence electrons. The Hall–Kier alpha value is -2.11. The summed E-state index contributed by atoms with van der Waals surface area (Å²) in [5.41, 5.74) is -0.0569. The van der Waals surface area contributed by atoms with Gasteiger partial charge in [0.2, 0.25) is 0 Å². The van der Waals surface area contributed by atoms with Crippen LogP contribution in [0.2, 0.25) is 0 Å². The average molecular weight is 295 g/mol. The normalized spacial score (nSPS) is 12.5. The van der Waals surface area contributed by atoms with Crippen molar-refractivity contribution in [3.05, 3.63) is 33.9 Å². The molecule has 1 aromatic carbocycles. The Bertz CT molecular complexity index is 525. The van der Waals surface area contributed by atoms with Gasteiger partial charge in [0.25, 0.3) is 0 Å². The molecule has 0 spiro atoms. The van der Waals surface area contributed by atoms with E-state index in [2.05, 4.69) is 0 Å². The van der Waals surface area contributed by atoms with E-state index in [0.717, 1.165) is 0 Å². The summed E-state index contributed by atoms with van der Waals surface area (Å²) in [4.78, 5) is 22.3. The maximum atomic E-state index is 11.5. The van der Waals surface area contributed by atoms with Gasteiger partial charge in [0.1, 0.15) is 0 Å². The van der Waals surface area contributed by atoms with Crippen LogP contribution in [0.25, 0.3) is 0 Å². The van der Waals surface area contributed by atoms with Crippen molar-refractivity contribution >= 4 is 11.7 Å². The van der Waals surface area contributed by atoms with Crippen molar-refractivity contribution in [3.63, 3.8) is 0 Å². The fourth-order valence-electron chi connectivity index (χ4n) is 2.20. The number of carboxylic acids is 1. The summed E-state index contributed by atoms with van der Waals surface area (Å²) >= 11 is 0. The van der Waals surface area contributed by atoms with Crippen LogP contribution in [0.15, 0.2) is 18.2 Å². The highest BCUT2D eigenvalue weighted by molar-refractivity contribution is 5.78. The SMILES string of the molecule is CC(C)CC(C(=O)O)c1cccc(OC(C)C)c1[N+](=O)[O-]. The van der Waals surface area contributed by atoms with Crippen LogP contribution in [0.4, 0.5) is 5.69 Å². The Balaban J connectivity index is 3.38. The molecule has 0 heterocycles. The lowest BCUT2D eigenvalue weighted by molar-refractivity contribution is -0.386. The van der Waals surface area contributed by atoms with E-state index >= 15 is 0 Å². The minimum absolute atomic E-state index is 0.111. The van der Waals surface area contributed by atoms with E-state index in [1.54, 1.807) is 19.9 Å². The zero-order chi connectivity index (χ0) is 16.2. The summed E-state index contributed by atoms with van der Waals surface area (Å²) in [5.74, 6) is -1.75. The smallest absolute Gasteiger partial charge is 0.314 e. The van der Waals surface area contributed by atoms with E-state index in [4.69, 9.17) is 4.74 Å². The van der Waals surface area contributed by atoms with Gasteiger partial charge in [-0.25, -0.2) is 0 Å². The third-order valence-corrected chi connectivity index (χ3v) is 2.96. The zero-order valence-electron chi connectivity index (χ0n) is 12.7. The number of hydrogen-bond acceptors (Lipinski definition) is 4. The minimum Gasteiger partial charge on any atom is -0.484 e. The molecular formula is C15H21NO5. The predicted octanol–water partition coefficient (Wildman–Crippen LogP) is 3.60. The number of rotatable bonds is 7.